The molecule has 0 saturated carbocycles. The van der Waals surface area contributed by atoms with Crippen LogP contribution < -0.4 is 4.90 Å². The quantitative estimate of drug-likeness (QED) is 0.814. The van der Waals surface area contributed by atoms with Crippen LogP contribution in [0.5, 0.6) is 0 Å². The number of anilines is 1. The molecule has 7 heteroatoms. The molecule has 1 aromatic heterocycles. The van der Waals surface area contributed by atoms with Crippen LogP contribution >= 0.6 is 11.8 Å². The van der Waals surface area contributed by atoms with Crippen LogP contribution in [0.4, 0.5) is 5.95 Å². The van der Waals surface area contributed by atoms with Gasteiger partial charge < -0.3 is 10.0 Å². The standard InChI is InChI=1S/C14H26N4O2S/c1-9(2)18-12(17(7)10(3)14(4,5)6)15-16-13(18)21-8-11(19)20/h9-10H,8H2,1-7H3,(H,19,20). The molecule has 1 rings (SSSR count). The van der Waals surface area contributed by atoms with E-state index < -0.39 is 5.97 Å². The average molecular weight is 314 g/mol. The SMILES string of the molecule is CC(C)n1c(SCC(=O)O)nnc1N(C)C(C)C(C)(C)C. The molecule has 120 valence electrons. The van der Waals surface area contributed by atoms with Crippen LogP contribution in [0.3, 0.4) is 0 Å². The molecule has 0 saturated heterocycles. The average Bonchev–Trinajstić information content (AvgIpc) is 2.77. The maximum atomic E-state index is 10.7. The predicted octanol–water partition coefficient (Wildman–Crippen LogP) is 2.91. The summed E-state index contributed by atoms with van der Waals surface area (Å²) < 4.78 is 2.00. The van der Waals surface area contributed by atoms with Crippen molar-refractivity contribution in [2.45, 2.75) is 58.8 Å². The number of carbonyl (C=O) groups is 1. The Morgan fingerprint density at radius 3 is 2.33 bits per heavy atom. The van der Waals surface area contributed by atoms with Crippen molar-refractivity contribution in [2.24, 2.45) is 5.41 Å². The van der Waals surface area contributed by atoms with Gasteiger partial charge >= 0.3 is 5.97 Å². The van der Waals surface area contributed by atoms with Gasteiger partial charge in [0.05, 0.1) is 5.75 Å². The highest BCUT2D eigenvalue weighted by atomic mass is 32.2. The zero-order valence-electron chi connectivity index (χ0n) is 13.9. The highest BCUT2D eigenvalue weighted by Gasteiger charge is 2.28. The summed E-state index contributed by atoms with van der Waals surface area (Å²) in [7, 11) is 2.00. The van der Waals surface area contributed by atoms with Gasteiger partial charge in [-0.2, -0.15) is 0 Å². The van der Waals surface area contributed by atoms with Crippen LogP contribution in [0.1, 0.15) is 47.6 Å². The van der Waals surface area contributed by atoms with Gasteiger partial charge in [-0.15, -0.1) is 10.2 Å². The summed E-state index contributed by atoms with van der Waals surface area (Å²) in [5, 5.41) is 17.9. The number of aromatic nitrogens is 3. The molecule has 1 atom stereocenters. The van der Waals surface area contributed by atoms with Crippen LogP contribution in [0.2, 0.25) is 0 Å². The van der Waals surface area contributed by atoms with Crippen molar-refractivity contribution in [2.75, 3.05) is 17.7 Å². The lowest BCUT2D eigenvalue weighted by Crippen LogP contribution is -2.41. The van der Waals surface area contributed by atoms with Crippen LogP contribution in [0.15, 0.2) is 5.16 Å². The second-order valence-corrected chi connectivity index (χ2v) is 7.52. The van der Waals surface area contributed by atoms with Crippen molar-refractivity contribution in [1.29, 1.82) is 0 Å². The molecule has 0 radical (unpaired) electrons. The van der Waals surface area contributed by atoms with Gasteiger partial charge in [0, 0.05) is 19.1 Å². The molecule has 0 aliphatic rings. The van der Waals surface area contributed by atoms with Crippen LogP contribution in [-0.4, -0.2) is 44.7 Å². The van der Waals surface area contributed by atoms with E-state index in [1.54, 1.807) is 0 Å². The van der Waals surface area contributed by atoms with Gasteiger partial charge in [-0.05, 0) is 26.2 Å². The van der Waals surface area contributed by atoms with Crippen molar-refractivity contribution >= 4 is 23.7 Å². The largest absolute Gasteiger partial charge is 0.481 e. The summed E-state index contributed by atoms with van der Waals surface area (Å²) in [5.74, 6) is -0.0831. The van der Waals surface area contributed by atoms with Gasteiger partial charge in [0.2, 0.25) is 5.95 Å². The second kappa shape index (κ2) is 6.68. The Bertz CT molecular complexity index is 494. The van der Waals surface area contributed by atoms with E-state index in [-0.39, 0.29) is 23.3 Å². The van der Waals surface area contributed by atoms with E-state index in [1.165, 1.54) is 11.8 Å². The van der Waals surface area contributed by atoms with E-state index in [0.29, 0.717) is 5.16 Å². The van der Waals surface area contributed by atoms with E-state index in [4.69, 9.17) is 5.11 Å². The summed E-state index contributed by atoms with van der Waals surface area (Å²) in [6.45, 7) is 12.8. The molecular formula is C14H26N4O2S. The molecule has 0 aliphatic heterocycles. The summed E-state index contributed by atoms with van der Waals surface area (Å²) in [4.78, 5) is 12.9. The minimum atomic E-state index is -0.851. The highest BCUT2D eigenvalue weighted by Crippen LogP contribution is 2.30. The maximum absolute atomic E-state index is 10.7. The van der Waals surface area contributed by atoms with Gasteiger partial charge in [-0.3, -0.25) is 9.36 Å². The molecular weight excluding hydrogens is 288 g/mol. The molecule has 0 fully saturated rings. The minimum Gasteiger partial charge on any atom is -0.481 e. The number of rotatable bonds is 6. The third kappa shape index (κ3) is 4.36. The van der Waals surface area contributed by atoms with Gasteiger partial charge in [0.1, 0.15) is 0 Å². The first-order chi connectivity index (χ1) is 9.55. The second-order valence-electron chi connectivity index (χ2n) is 6.58. The van der Waals surface area contributed by atoms with Crippen LogP contribution in [-0.2, 0) is 4.79 Å². The third-order valence-corrected chi connectivity index (χ3v) is 4.57. The molecule has 0 aliphatic carbocycles. The predicted molar refractivity (Wildman–Crippen MR) is 86.1 cm³/mol. The molecule has 0 spiro atoms. The molecule has 6 nitrogen and oxygen atoms in total. The minimum absolute atomic E-state index is 0.0105. The van der Waals surface area contributed by atoms with Gasteiger partial charge in [0.15, 0.2) is 5.16 Å². The van der Waals surface area contributed by atoms with Crippen molar-refractivity contribution < 1.29 is 9.90 Å². The molecule has 1 unspecified atom stereocenters. The summed E-state index contributed by atoms with van der Waals surface area (Å²) >= 11 is 1.20. The Morgan fingerprint density at radius 2 is 1.90 bits per heavy atom. The fraction of sp³-hybridized carbons (Fsp3) is 0.786. The number of nitrogens with zero attached hydrogens (tertiary/aromatic N) is 4. The number of carboxylic acid groups (broad SMARTS) is 1. The lowest BCUT2D eigenvalue weighted by molar-refractivity contribution is -0.133. The van der Waals surface area contributed by atoms with Gasteiger partial charge in [-0.25, -0.2) is 0 Å². The Hall–Kier alpha value is -1.24. The summed E-state index contributed by atoms with van der Waals surface area (Å²) in [6.07, 6.45) is 0. The van der Waals surface area contributed by atoms with Crippen molar-refractivity contribution in [3.63, 3.8) is 0 Å². The van der Waals surface area contributed by atoms with E-state index >= 15 is 0 Å². The van der Waals surface area contributed by atoms with Crippen molar-refractivity contribution in [3.8, 4) is 0 Å². The molecule has 1 N–H and O–H groups in total. The van der Waals surface area contributed by atoms with Gasteiger partial charge in [-0.1, -0.05) is 32.5 Å². The zero-order valence-corrected chi connectivity index (χ0v) is 14.7. The van der Waals surface area contributed by atoms with Crippen molar-refractivity contribution in [1.82, 2.24) is 14.8 Å². The van der Waals surface area contributed by atoms with E-state index in [1.807, 2.05) is 25.5 Å². The number of thioether (sulfide) groups is 1. The first-order valence-corrected chi connectivity index (χ1v) is 8.06. The Balaban J connectivity index is 3.10. The number of hydrogen-bond donors (Lipinski definition) is 1. The van der Waals surface area contributed by atoms with Gasteiger partial charge in [0.25, 0.3) is 0 Å². The first kappa shape index (κ1) is 17.8. The number of hydrogen-bond acceptors (Lipinski definition) is 5. The van der Waals surface area contributed by atoms with Crippen LogP contribution in [0.25, 0.3) is 0 Å². The smallest absolute Gasteiger partial charge is 0.313 e. The lowest BCUT2D eigenvalue weighted by atomic mass is 9.87. The molecule has 1 heterocycles. The molecule has 0 aromatic carbocycles. The fourth-order valence-corrected chi connectivity index (χ4v) is 2.72. The topological polar surface area (TPSA) is 71.2 Å². The normalized spacial score (nSPS) is 13.5. The number of carboxylic acids is 1. The molecule has 0 bridgehead atoms. The van der Waals surface area contributed by atoms with Crippen molar-refractivity contribution in [3.05, 3.63) is 0 Å². The zero-order chi connectivity index (χ0) is 16.4. The fourth-order valence-electron chi connectivity index (χ4n) is 1.94. The third-order valence-electron chi connectivity index (χ3n) is 3.64. The monoisotopic (exact) mass is 314 g/mol. The summed E-state index contributed by atoms with van der Waals surface area (Å²) in [6, 6.07) is 0.442. The molecule has 0 amide bonds. The number of aliphatic carboxylic acids is 1. The first-order valence-electron chi connectivity index (χ1n) is 7.08. The Kier molecular flexibility index (Phi) is 5.67. The highest BCUT2D eigenvalue weighted by molar-refractivity contribution is 7.99. The Morgan fingerprint density at radius 1 is 1.33 bits per heavy atom. The lowest BCUT2D eigenvalue weighted by Gasteiger charge is -2.36. The van der Waals surface area contributed by atoms with Crippen LogP contribution in [0, 0.1) is 5.41 Å². The van der Waals surface area contributed by atoms with E-state index in [9.17, 15) is 4.79 Å². The Labute approximate surface area is 130 Å². The van der Waals surface area contributed by atoms with E-state index in [2.05, 4.69) is 42.8 Å². The molecule has 21 heavy (non-hydrogen) atoms. The molecule has 1 aromatic rings. The van der Waals surface area contributed by atoms with E-state index in [0.717, 1.165) is 5.95 Å². The maximum Gasteiger partial charge on any atom is 0.313 e. The summed E-state index contributed by atoms with van der Waals surface area (Å²) in [5.41, 5.74) is 0.108.